The number of para-hydroxylation sites is 1. The van der Waals surface area contributed by atoms with Gasteiger partial charge in [-0.1, -0.05) is 32.0 Å². The SMILES string of the molecule is CC(C)COc1ccc(O)cc1OCCNC(C)(C)Cc1c[nH]c2ccccc12. The summed E-state index contributed by atoms with van der Waals surface area (Å²) in [7, 11) is 0. The lowest BCUT2D eigenvalue weighted by molar-refractivity contribution is 0.237. The van der Waals surface area contributed by atoms with E-state index in [0.717, 1.165) is 6.42 Å². The maximum atomic E-state index is 9.78. The number of nitrogens with one attached hydrogen (secondary N) is 2. The van der Waals surface area contributed by atoms with Crippen LogP contribution in [-0.4, -0.2) is 35.4 Å². The van der Waals surface area contributed by atoms with Crippen LogP contribution in [0.15, 0.2) is 48.7 Å². The minimum absolute atomic E-state index is 0.0792. The third kappa shape index (κ3) is 5.91. The molecule has 3 rings (SSSR count). The number of aromatic amines is 1. The van der Waals surface area contributed by atoms with Gasteiger partial charge in [-0.05, 0) is 49.9 Å². The number of rotatable bonds is 10. The highest BCUT2D eigenvalue weighted by molar-refractivity contribution is 5.83. The molecule has 156 valence electrons. The Morgan fingerprint density at radius 2 is 1.86 bits per heavy atom. The number of fused-ring (bicyclic) bond motifs is 1. The van der Waals surface area contributed by atoms with Crippen molar-refractivity contribution >= 4 is 10.9 Å². The van der Waals surface area contributed by atoms with E-state index < -0.39 is 0 Å². The molecule has 29 heavy (non-hydrogen) atoms. The number of ether oxygens (including phenoxy) is 2. The highest BCUT2D eigenvalue weighted by Crippen LogP contribution is 2.31. The maximum Gasteiger partial charge on any atom is 0.164 e. The standard InChI is InChI=1S/C24H32N2O3/c1-17(2)16-29-22-10-9-19(27)13-23(22)28-12-11-26-24(3,4)14-18-15-25-21-8-6-5-7-20(18)21/h5-10,13,15,17,25-27H,11-12,14,16H2,1-4H3. The highest BCUT2D eigenvalue weighted by Gasteiger charge is 2.19. The van der Waals surface area contributed by atoms with Crippen molar-refractivity contribution in [2.24, 2.45) is 5.92 Å². The molecule has 0 saturated heterocycles. The molecule has 0 amide bonds. The number of phenolic OH excluding ortho intramolecular Hbond substituents is 1. The molecule has 5 heteroatoms. The Bertz CT molecular complexity index is 931. The average Bonchev–Trinajstić information content (AvgIpc) is 3.07. The van der Waals surface area contributed by atoms with Crippen molar-refractivity contribution in [1.82, 2.24) is 10.3 Å². The minimum Gasteiger partial charge on any atom is -0.508 e. The Morgan fingerprint density at radius 3 is 2.66 bits per heavy atom. The molecule has 3 N–H and O–H groups in total. The van der Waals surface area contributed by atoms with Crippen molar-refractivity contribution < 1.29 is 14.6 Å². The lowest BCUT2D eigenvalue weighted by atomic mass is 9.94. The molecule has 5 nitrogen and oxygen atoms in total. The second-order valence-corrected chi connectivity index (χ2v) is 8.53. The third-order valence-corrected chi connectivity index (χ3v) is 4.77. The Kier molecular flexibility index (Phi) is 6.70. The van der Waals surface area contributed by atoms with Crippen LogP contribution >= 0.6 is 0 Å². The third-order valence-electron chi connectivity index (χ3n) is 4.77. The van der Waals surface area contributed by atoms with Crippen molar-refractivity contribution in [2.75, 3.05) is 19.8 Å². The van der Waals surface area contributed by atoms with Crippen LogP contribution in [0.2, 0.25) is 0 Å². The molecular weight excluding hydrogens is 364 g/mol. The molecule has 1 heterocycles. The predicted molar refractivity (Wildman–Crippen MR) is 118 cm³/mol. The quantitative estimate of drug-likeness (QED) is 0.427. The normalized spacial score (nSPS) is 11.9. The lowest BCUT2D eigenvalue weighted by Crippen LogP contribution is -2.43. The topological polar surface area (TPSA) is 66.5 Å². The number of benzene rings is 2. The second-order valence-electron chi connectivity index (χ2n) is 8.53. The van der Waals surface area contributed by atoms with Crippen molar-refractivity contribution in [1.29, 1.82) is 0 Å². The molecular formula is C24H32N2O3. The second kappa shape index (κ2) is 9.23. The van der Waals surface area contributed by atoms with Crippen LogP contribution < -0.4 is 14.8 Å². The zero-order valence-electron chi connectivity index (χ0n) is 17.8. The molecule has 0 aliphatic rings. The van der Waals surface area contributed by atoms with Crippen LogP contribution in [0.5, 0.6) is 17.2 Å². The van der Waals surface area contributed by atoms with Gasteiger partial charge in [0, 0.05) is 35.2 Å². The summed E-state index contributed by atoms with van der Waals surface area (Å²) in [5, 5.41) is 14.6. The van der Waals surface area contributed by atoms with Gasteiger partial charge in [0.1, 0.15) is 12.4 Å². The van der Waals surface area contributed by atoms with Gasteiger partial charge >= 0.3 is 0 Å². The van der Waals surface area contributed by atoms with Crippen molar-refractivity contribution in [3.05, 3.63) is 54.2 Å². The molecule has 0 saturated carbocycles. The number of hydrogen-bond acceptors (Lipinski definition) is 4. The summed E-state index contributed by atoms with van der Waals surface area (Å²) in [4.78, 5) is 3.34. The van der Waals surface area contributed by atoms with Crippen LogP contribution in [-0.2, 0) is 6.42 Å². The number of aromatic hydroxyl groups is 1. The van der Waals surface area contributed by atoms with Gasteiger partial charge in [0.15, 0.2) is 11.5 Å². The monoisotopic (exact) mass is 396 g/mol. The molecule has 1 aromatic heterocycles. The predicted octanol–water partition coefficient (Wildman–Crippen LogP) is 4.90. The van der Waals surface area contributed by atoms with Gasteiger partial charge in [0.05, 0.1) is 6.61 Å². The highest BCUT2D eigenvalue weighted by atomic mass is 16.5. The van der Waals surface area contributed by atoms with E-state index >= 15 is 0 Å². The van der Waals surface area contributed by atoms with Gasteiger partial charge in [-0.25, -0.2) is 0 Å². The Labute approximate surface area is 173 Å². The summed E-state index contributed by atoms with van der Waals surface area (Å²) < 4.78 is 11.7. The van der Waals surface area contributed by atoms with Crippen LogP contribution in [0.4, 0.5) is 0 Å². The maximum absolute atomic E-state index is 9.78. The van der Waals surface area contributed by atoms with Gasteiger partial charge in [0.25, 0.3) is 0 Å². The van der Waals surface area contributed by atoms with Crippen LogP contribution in [0.3, 0.4) is 0 Å². The van der Waals surface area contributed by atoms with Gasteiger partial charge in [0.2, 0.25) is 0 Å². The molecule has 3 aromatic rings. The summed E-state index contributed by atoms with van der Waals surface area (Å²) in [6, 6.07) is 13.3. The summed E-state index contributed by atoms with van der Waals surface area (Å²) in [5.74, 6) is 1.82. The molecule has 0 fully saturated rings. The molecule has 0 radical (unpaired) electrons. The minimum atomic E-state index is -0.0792. The van der Waals surface area contributed by atoms with E-state index in [1.165, 1.54) is 16.5 Å². The van der Waals surface area contributed by atoms with E-state index in [1.54, 1.807) is 18.2 Å². The van der Waals surface area contributed by atoms with Gasteiger partial charge in [-0.15, -0.1) is 0 Å². The molecule has 0 bridgehead atoms. The smallest absolute Gasteiger partial charge is 0.164 e. The summed E-state index contributed by atoms with van der Waals surface area (Å²) in [6.07, 6.45) is 3.00. The van der Waals surface area contributed by atoms with E-state index in [0.29, 0.717) is 37.2 Å². The van der Waals surface area contributed by atoms with Crippen molar-refractivity contribution in [3.63, 3.8) is 0 Å². The first kappa shape index (κ1) is 21.1. The number of phenols is 1. The first-order valence-corrected chi connectivity index (χ1v) is 10.2. The van der Waals surface area contributed by atoms with E-state index in [1.807, 2.05) is 6.07 Å². The van der Waals surface area contributed by atoms with Crippen LogP contribution in [0, 0.1) is 5.92 Å². The fourth-order valence-corrected chi connectivity index (χ4v) is 3.35. The van der Waals surface area contributed by atoms with E-state index in [9.17, 15) is 5.11 Å². The summed E-state index contributed by atoms with van der Waals surface area (Å²) in [5.41, 5.74) is 2.39. The first-order valence-electron chi connectivity index (χ1n) is 10.2. The number of aromatic nitrogens is 1. The van der Waals surface area contributed by atoms with E-state index in [-0.39, 0.29) is 11.3 Å². The summed E-state index contributed by atoms with van der Waals surface area (Å²) in [6.45, 7) is 10.4. The largest absolute Gasteiger partial charge is 0.508 e. The van der Waals surface area contributed by atoms with Gasteiger partial charge in [-0.3, -0.25) is 0 Å². The van der Waals surface area contributed by atoms with Crippen molar-refractivity contribution in [3.8, 4) is 17.2 Å². The Morgan fingerprint density at radius 1 is 1.07 bits per heavy atom. The molecule has 0 unspecified atom stereocenters. The molecule has 2 aromatic carbocycles. The number of H-pyrrole nitrogens is 1. The molecule has 0 spiro atoms. The fourth-order valence-electron chi connectivity index (χ4n) is 3.35. The van der Waals surface area contributed by atoms with Crippen LogP contribution in [0.25, 0.3) is 10.9 Å². The van der Waals surface area contributed by atoms with E-state index in [4.69, 9.17) is 9.47 Å². The van der Waals surface area contributed by atoms with Gasteiger partial charge in [-0.2, -0.15) is 0 Å². The molecule has 0 aliphatic carbocycles. The molecule has 0 aliphatic heterocycles. The molecule has 0 atom stereocenters. The van der Waals surface area contributed by atoms with Crippen LogP contribution in [0.1, 0.15) is 33.3 Å². The average molecular weight is 397 g/mol. The zero-order chi connectivity index (χ0) is 20.9. The Balaban J connectivity index is 1.53. The summed E-state index contributed by atoms with van der Waals surface area (Å²) >= 11 is 0. The lowest BCUT2D eigenvalue weighted by Gasteiger charge is -2.26. The first-order chi connectivity index (χ1) is 13.8. The van der Waals surface area contributed by atoms with Gasteiger partial charge < -0.3 is 24.9 Å². The Hall–Kier alpha value is -2.66. The number of hydrogen-bond donors (Lipinski definition) is 3. The fraction of sp³-hybridized carbons (Fsp3) is 0.417. The zero-order valence-corrected chi connectivity index (χ0v) is 17.8. The van der Waals surface area contributed by atoms with E-state index in [2.05, 4.69) is 62.4 Å². The van der Waals surface area contributed by atoms with Crippen molar-refractivity contribution in [2.45, 2.75) is 39.7 Å².